The van der Waals surface area contributed by atoms with Crippen molar-refractivity contribution < 1.29 is 9.90 Å². The van der Waals surface area contributed by atoms with E-state index in [1.807, 2.05) is 27.7 Å². The molecule has 0 saturated heterocycles. The lowest BCUT2D eigenvalue weighted by molar-refractivity contribution is -0.121. The first-order valence-corrected chi connectivity index (χ1v) is 7.71. The number of H-pyrrole nitrogens is 1. The summed E-state index contributed by atoms with van der Waals surface area (Å²) in [5, 5.41) is 15.2. The molecule has 2 heterocycles. The molecule has 0 fully saturated rings. The van der Waals surface area contributed by atoms with Gasteiger partial charge in [0.2, 0.25) is 5.91 Å². The van der Waals surface area contributed by atoms with E-state index in [1.165, 1.54) is 0 Å². The molecule has 0 bridgehead atoms. The number of carbonyl (C=O) groups is 1. The molecular weight excluding hydrogens is 296 g/mol. The van der Waals surface area contributed by atoms with Crippen LogP contribution in [0.25, 0.3) is 11.0 Å². The minimum atomic E-state index is -0.198. The zero-order chi connectivity index (χ0) is 17.3. The number of pyridine rings is 1. The predicted octanol–water partition coefficient (Wildman–Crippen LogP) is 0.554. The van der Waals surface area contributed by atoms with Crippen molar-refractivity contribution in [3.05, 3.63) is 27.2 Å². The molecule has 2 rings (SSSR count). The number of aliphatic hydroxyl groups excluding tert-OH is 1. The molecule has 7 nitrogen and oxygen atoms in total. The molecule has 2 unspecified atom stereocenters. The third-order valence-electron chi connectivity index (χ3n) is 4.44. The van der Waals surface area contributed by atoms with Gasteiger partial charge in [-0.1, -0.05) is 6.92 Å². The van der Waals surface area contributed by atoms with E-state index in [-0.39, 0.29) is 36.5 Å². The molecule has 0 aliphatic rings. The van der Waals surface area contributed by atoms with E-state index >= 15 is 0 Å². The predicted molar refractivity (Wildman–Crippen MR) is 88.4 cm³/mol. The van der Waals surface area contributed by atoms with Crippen molar-refractivity contribution in [2.24, 2.45) is 13.0 Å². The molecule has 0 saturated carbocycles. The van der Waals surface area contributed by atoms with Gasteiger partial charge in [0.25, 0.3) is 5.56 Å². The maximum absolute atomic E-state index is 12.3. The third-order valence-corrected chi connectivity index (χ3v) is 4.44. The van der Waals surface area contributed by atoms with Crippen LogP contribution in [-0.2, 0) is 18.3 Å². The Morgan fingerprint density at radius 2 is 2.04 bits per heavy atom. The fraction of sp³-hybridized carbons (Fsp3) is 0.562. The van der Waals surface area contributed by atoms with E-state index in [0.717, 1.165) is 16.8 Å². The van der Waals surface area contributed by atoms with Crippen LogP contribution in [0.15, 0.2) is 4.79 Å². The van der Waals surface area contributed by atoms with Crippen molar-refractivity contribution in [2.45, 2.75) is 40.2 Å². The summed E-state index contributed by atoms with van der Waals surface area (Å²) in [6.07, 6.45) is 0.164. The van der Waals surface area contributed by atoms with Gasteiger partial charge in [0.15, 0.2) is 5.65 Å². The van der Waals surface area contributed by atoms with E-state index in [2.05, 4.69) is 15.4 Å². The van der Waals surface area contributed by atoms with Gasteiger partial charge in [-0.3, -0.25) is 19.4 Å². The quantitative estimate of drug-likeness (QED) is 0.749. The van der Waals surface area contributed by atoms with Crippen LogP contribution in [-0.4, -0.2) is 38.4 Å². The maximum Gasteiger partial charge on any atom is 0.273 e. The van der Waals surface area contributed by atoms with E-state index in [0.29, 0.717) is 11.0 Å². The number of amides is 1. The van der Waals surface area contributed by atoms with E-state index in [1.54, 1.807) is 11.7 Å². The molecule has 2 atom stereocenters. The molecule has 0 aromatic carbocycles. The highest BCUT2D eigenvalue weighted by molar-refractivity contribution is 5.84. The fourth-order valence-corrected chi connectivity index (χ4v) is 2.67. The molecule has 23 heavy (non-hydrogen) atoms. The van der Waals surface area contributed by atoms with Crippen LogP contribution in [0.2, 0.25) is 0 Å². The van der Waals surface area contributed by atoms with Crippen LogP contribution in [0.5, 0.6) is 0 Å². The molecule has 1 amide bonds. The lowest BCUT2D eigenvalue weighted by Gasteiger charge is -2.20. The minimum Gasteiger partial charge on any atom is -0.396 e. The van der Waals surface area contributed by atoms with Crippen LogP contribution in [0.4, 0.5) is 0 Å². The lowest BCUT2D eigenvalue weighted by Crippen LogP contribution is -2.39. The number of rotatable bonds is 5. The summed E-state index contributed by atoms with van der Waals surface area (Å²) >= 11 is 0. The van der Waals surface area contributed by atoms with Crippen molar-refractivity contribution in [1.82, 2.24) is 20.1 Å². The molecule has 0 aliphatic heterocycles. The number of nitrogens with zero attached hydrogens (tertiary/aromatic N) is 2. The average molecular weight is 320 g/mol. The highest BCUT2D eigenvalue weighted by Gasteiger charge is 2.19. The molecule has 2 aromatic heterocycles. The summed E-state index contributed by atoms with van der Waals surface area (Å²) in [6, 6.07) is -0.120. The molecule has 7 heteroatoms. The molecular formula is C16H24N4O3. The van der Waals surface area contributed by atoms with Crippen LogP contribution < -0.4 is 10.9 Å². The second kappa shape index (κ2) is 6.54. The highest BCUT2D eigenvalue weighted by atomic mass is 16.3. The molecule has 3 N–H and O–H groups in total. The van der Waals surface area contributed by atoms with Crippen molar-refractivity contribution in [3.63, 3.8) is 0 Å². The van der Waals surface area contributed by atoms with Crippen molar-refractivity contribution in [2.75, 3.05) is 6.61 Å². The number of fused-ring (bicyclic) bond motifs is 1. The largest absolute Gasteiger partial charge is 0.396 e. The number of carbonyl (C=O) groups excluding carboxylic acids is 1. The van der Waals surface area contributed by atoms with Gasteiger partial charge in [-0.05, 0) is 37.8 Å². The lowest BCUT2D eigenvalue weighted by atomic mass is 10.0. The van der Waals surface area contributed by atoms with Gasteiger partial charge >= 0.3 is 0 Å². The number of nitrogens with one attached hydrogen (secondary N) is 2. The standard InChI is InChI=1S/C16H24N4O3/c1-8(7-21)10(3)17-13(22)6-12-9(2)14-15(18-11(12)4)20(5)19-16(14)23/h8,10,21H,6-7H2,1-5H3,(H,17,22)(H,19,23). The molecule has 0 aliphatic carbocycles. The average Bonchev–Trinajstić information content (AvgIpc) is 2.76. The first kappa shape index (κ1) is 17.2. The fourth-order valence-electron chi connectivity index (χ4n) is 2.67. The molecule has 2 aromatic rings. The Hall–Kier alpha value is -2.15. The first-order chi connectivity index (χ1) is 10.8. The van der Waals surface area contributed by atoms with Crippen LogP contribution in [0.3, 0.4) is 0 Å². The van der Waals surface area contributed by atoms with Crippen LogP contribution in [0.1, 0.15) is 30.7 Å². The third kappa shape index (κ3) is 3.29. The first-order valence-electron chi connectivity index (χ1n) is 7.71. The normalized spacial score (nSPS) is 14.0. The van der Waals surface area contributed by atoms with Gasteiger partial charge in [0, 0.05) is 25.4 Å². The number of hydrogen-bond acceptors (Lipinski definition) is 4. The van der Waals surface area contributed by atoms with Crippen molar-refractivity contribution in [3.8, 4) is 0 Å². The van der Waals surface area contributed by atoms with Crippen molar-refractivity contribution in [1.29, 1.82) is 0 Å². The van der Waals surface area contributed by atoms with E-state index in [9.17, 15) is 9.59 Å². The van der Waals surface area contributed by atoms with Gasteiger partial charge in [-0.15, -0.1) is 0 Å². The number of aromatic nitrogens is 3. The summed E-state index contributed by atoms with van der Waals surface area (Å²) < 4.78 is 1.59. The molecule has 0 spiro atoms. The Morgan fingerprint density at radius 3 is 2.65 bits per heavy atom. The summed E-state index contributed by atoms with van der Waals surface area (Å²) in [4.78, 5) is 28.7. The zero-order valence-electron chi connectivity index (χ0n) is 14.2. The summed E-state index contributed by atoms with van der Waals surface area (Å²) in [6.45, 7) is 7.44. The van der Waals surface area contributed by atoms with Gasteiger partial charge in [-0.2, -0.15) is 0 Å². The highest BCUT2D eigenvalue weighted by Crippen LogP contribution is 2.20. The van der Waals surface area contributed by atoms with Gasteiger partial charge in [-0.25, -0.2) is 4.98 Å². The Labute approximate surface area is 134 Å². The number of aromatic amines is 1. The van der Waals surface area contributed by atoms with Crippen LogP contribution >= 0.6 is 0 Å². The van der Waals surface area contributed by atoms with Crippen LogP contribution in [0, 0.1) is 19.8 Å². The second-order valence-corrected chi connectivity index (χ2v) is 6.19. The Bertz CT molecular complexity index is 791. The smallest absolute Gasteiger partial charge is 0.273 e. The zero-order valence-corrected chi connectivity index (χ0v) is 14.2. The number of aryl methyl sites for hydroxylation is 3. The summed E-state index contributed by atoms with van der Waals surface area (Å²) in [5.74, 6) is -0.156. The van der Waals surface area contributed by atoms with Gasteiger partial charge in [0.1, 0.15) is 0 Å². The number of hydrogen-bond donors (Lipinski definition) is 3. The maximum atomic E-state index is 12.3. The van der Waals surface area contributed by atoms with E-state index < -0.39 is 0 Å². The Balaban J connectivity index is 2.32. The van der Waals surface area contributed by atoms with Gasteiger partial charge in [0.05, 0.1) is 11.8 Å². The second-order valence-electron chi connectivity index (χ2n) is 6.19. The summed E-state index contributed by atoms with van der Waals surface area (Å²) in [7, 11) is 1.74. The molecule has 126 valence electrons. The Kier molecular flexibility index (Phi) is 4.89. The SMILES string of the molecule is Cc1nc2c(c(C)c1CC(=O)NC(C)C(C)CO)c(=O)[nH]n2C. The molecule has 0 radical (unpaired) electrons. The monoisotopic (exact) mass is 320 g/mol. The number of aliphatic hydroxyl groups is 1. The van der Waals surface area contributed by atoms with Crippen molar-refractivity contribution >= 4 is 16.9 Å². The van der Waals surface area contributed by atoms with E-state index in [4.69, 9.17) is 5.11 Å². The Morgan fingerprint density at radius 1 is 1.39 bits per heavy atom. The topological polar surface area (TPSA) is 100 Å². The van der Waals surface area contributed by atoms with Gasteiger partial charge < -0.3 is 10.4 Å². The summed E-state index contributed by atoms with van der Waals surface area (Å²) in [5.41, 5.74) is 2.69. The minimum absolute atomic E-state index is 0.0151.